The highest BCUT2D eigenvalue weighted by Crippen LogP contribution is 2.28. The average molecular weight is 405 g/mol. The summed E-state index contributed by atoms with van der Waals surface area (Å²) in [6.07, 6.45) is 1.85. The molecule has 0 aliphatic rings. The SMILES string of the molecule is COc1cc(/C=N\NC(=O)Cc2cccs2)ccc1OCc1ccccc1C#N. The molecular formula is C22H19N3O3S. The van der Waals surface area contributed by atoms with Crippen LogP contribution in [0.15, 0.2) is 65.1 Å². The zero-order valence-corrected chi connectivity index (χ0v) is 16.6. The van der Waals surface area contributed by atoms with Crippen LogP contribution in [0.1, 0.15) is 21.6 Å². The van der Waals surface area contributed by atoms with Crippen molar-refractivity contribution < 1.29 is 14.3 Å². The van der Waals surface area contributed by atoms with Gasteiger partial charge in [0.25, 0.3) is 0 Å². The fourth-order valence-corrected chi connectivity index (χ4v) is 3.29. The van der Waals surface area contributed by atoms with Gasteiger partial charge in [0.15, 0.2) is 11.5 Å². The highest BCUT2D eigenvalue weighted by Gasteiger charge is 2.08. The van der Waals surface area contributed by atoms with Crippen molar-refractivity contribution in [3.63, 3.8) is 0 Å². The van der Waals surface area contributed by atoms with E-state index < -0.39 is 0 Å². The quantitative estimate of drug-likeness (QED) is 0.455. The number of carbonyl (C=O) groups excluding carboxylic acids is 1. The first-order valence-electron chi connectivity index (χ1n) is 8.82. The molecule has 0 saturated carbocycles. The molecular weight excluding hydrogens is 386 g/mol. The number of nitriles is 1. The Kier molecular flexibility index (Phi) is 6.98. The fraction of sp³-hybridized carbons (Fsp3) is 0.136. The lowest BCUT2D eigenvalue weighted by atomic mass is 10.1. The molecule has 7 heteroatoms. The maximum atomic E-state index is 11.9. The van der Waals surface area contributed by atoms with Crippen LogP contribution in [0.2, 0.25) is 0 Å². The number of carbonyl (C=O) groups is 1. The number of amides is 1. The summed E-state index contributed by atoms with van der Waals surface area (Å²) in [7, 11) is 1.55. The van der Waals surface area contributed by atoms with E-state index in [1.165, 1.54) is 11.3 Å². The summed E-state index contributed by atoms with van der Waals surface area (Å²) < 4.78 is 11.2. The monoisotopic (exact) mass is 405 g/mol. The molecule has 2 aromatic carbocycles. The number of hydrogen-bond acceptors (Lipinski definition) is 6. The number of hydrogen-bond donors (Lipinski definition) is 1. The van der Waals surface area contributed by atoms with Crippen molar-refractivity contribution in [3.8, 4) is 17.6 Å². The molecule has 0 bridgehead atoms. The first-order chi connectivity index (χ1) is 14.2. The van der Waals surface area contributed by atoms with Crippen molar-refractivity contribution in [2.75, 3.05) is 7.11 Å². The van der Waals surface area contributed by atoms with E-state index in [1.807, 2.05) is 41.8 Å². The molecule has 6 nitrogen and oxygen atoms in total. The molecule has 0 fully saturated rings. The van der Waals surface area contributed by atoms with E-state index in [2.05, 4.69) is 16.6 Å². The Morgan fingerprint density at radius 3 is 2.83 bits per heavy atom. The minimum atomic E-state index is -0.174. The predicted molar refractivity (Wildman–Crippen MR) is 112 cm³/mol. The summed E-state index contributed by atoms with van der Waals surface area (Å²) in [5.74, 6) is 0.916. The smallest absolute Gasteiger partial charge is 0.245 e. The molecule has 29 heavy (non-hydrogen) atoms. The first-order valence-corrected chi connectivity index (χ1v) is 9.70. The van der Waals surface area contributed by atoms with Crippen LogP contribution in [-0.4, -0.2) is 19.2 Å². The van der Waals surface area contributed by atoms with Crippen LogP contribution < -0.4 is 14.9 Å². The van der Waals surface area contributed by atoms with Crippen LogP contribution in [0.5, 0.6) is 11.5 Å². The normalized spacial score (nSPS) is 10.5. The van der Waals surface area contributed by atoms with E-state index in [-0.39, 0.29) is 12.5 Å². The van der Waals surface area contributed by atoms with Crippen molar-refractivity contribution in [2.45, 2.75) is 13.0 Å². The number of nitrogens with one attached hydrogen (secondary N) is 1. The van der Waals surface area contributed by atoms with E-state index >= 15 is 0 Å². The van der Waals surface area contributed by atoms with Crippen molar-refractivity contribution in [2.24, 2.45) is 5.10 Å². The Hall–Kier alpha value is -3.63. The van der Waals surface area contributed by atoms with E-state index in [9.17, 15) is 10.1 Å². The maximum Gasteiger partial charge on any atom is 0.245 e. The molecule has 1 amide bonds. The van der Waals surface area contributed by atoms with Gasteiger partial charge in [0, 0.05) is 10.4 Å². The van der Waals surface area contributed by atoms with Crippen molar-refractivity contribution in [1.82, 2.24) is 5.43 Å². The third-order valence-corrected chi connectivity index (χ3v) is 4.90. The van der Waals surface area contributed by atoms with Gasteiger partial charge in [0.05, 0.1) is 31.4 Å². The molecule has 0 aliphatic carbocycles. The zero-order chi connectivity index (χ0) is 20.5. The number of thiophene rings is 1. The predicted octanol–water partition coefficient (Wildman–Crippen LogP) is 3.90. The number of nitrogens with zero attached hydrogens (tertiary/aromatic N) is 2. The second-order valence-electron chi connectivity index (χ2n) is 6.02. The first kappa shape index (κ1) is 20.1. The van der Waals surface area contributed by atoms with Crippen LogP contribution in [0.3, 0.4) is 0 Å². The van der Waals surface area contributed by atoms with Gasteiger partial charge in [-0.25, -0.2) is 5.43 Å². The number of ether oxygens (including phenoxy) is 2. The summed E-state index contributed by atoms with van der Waals surface area (Å²) >= 11 is 1.53. The van der Waals surface area contributed by atoms with Crippen LogP contribution in [0.4, 0.5) is 0 Å². The topological polar surface area (TPSA) is 83.7 Å². The van der Waals surface area contributed by atoms with Crippen LogP contribution >= 0.6 is 11.3 Å². The van der Waals surface area contributed by atoms with Gasteiger partial charge in [-0.1, -0.05) is 24.3 Å². The number of benzene rings is 2. The van der Waals surface area contributed by atoms with Crippen LogP contribution in [-0.2, 0) is 17.8 Å². The summed E-state index contributed by atoms with van der Waals surface area (Å²) in [5, 5.41) is 15.1. The van der Waals surface area contributed by atoms with E-state index in [4.69, 9.17) is 9.47 Å². The molecule has 0 spiro atoms. The molecule has 0 radical (unpaired) electrons. The Labute approximate surface area is 173 Å². The Balaban J connectivity index is 1.61. The van der Waals surface area contributed by atoms with Crippen LogP contribution in [0.25, 0.3) is 0 Å². The lowest BCUT2D eigenvalue weighted by Crippen LogP contribution is -2.19. The van der Waals surface area contributed by atoms with Gasteiger partial charge >= 0.3 is 0 Å². The molecule has 3 aromatic rings. The van der Waals surface area contributed by atoms with Crippen molar-refractivity contribution >= 4 is 23.5 Å². The Bertz CT molecular complexity index is 1040. The molecule has 0 atom stereocenters. The third kappa shape index (κ3) is 5.67. The van der Waals surface area contributed by atoms with Crippen molar-refractivity contribution in [3.05, 3.63) is 81.5 Å². The van der Waals surface area contributed by atoms with Gasteiger partial charge in [-0.2, -0.15) is 10.4 Å². The maximum absolute atomic E-state index is 11.9. The van der Waals surface area contributed by atoms with Gasteiger partial charge in [-0.05, 0) is 41.3 Å². The standard InChI is InChI=1S/C22H19N3O3S/c1-27-21-11-16(14-24-25-22(26)12-19-7-4-10-29-19)8-9-20(21)28-15-18-6-3-2-5-17(18)13-23/h2-11,14H,12,15H2,1H3,(H,25,26)/b24-14-. The van der Waals surface area contributed by atoms with Gasteiger partial charge in [-0.3, -0.25) is 4.79 Å². The largest absolute Gasteiger partial charge is 0.493 e. The highest BCUT2D eigenvalue weighted by molar-refractivity contribution is 7.10. The van der Waals surface area contributed by atoms with E-state index in [1.54, 1.807) is 31.5 Å². The molecule has 0 saturated heterocycles. The van der Waals surface area contributed by atoms with Gasteiger partial charge in [0.1, 0.15) is 6.61 Å². The lowest BCUT2D eigenvalue weighted by molar-refractivity contribution is -0.120. The minimum Gasteiger partial charge on any atom is -0.493 e. The molecule has 3 rings (SSSR count). The Morgan fingerprint density at radius 1 is 1.21 bits per heavy atom. The minimum absolute atomic E-state index is 0.174. The number of methoxy groups -OCH3 is 1. The number of rotatable bonds is 8. The van der Waals surface area contributed by atoms with Gasteiger partial charge in [0.2, 0.25) is 5.91 Å². The molecule has 1 heterocycles. The Morgan fingerprint density at radius 2 is 2.07 bits per heavy atom. The second kappa shape index (κ2) is 10.1. The summed E-state index contributed by atoms with van der Waals surface area (Å²) in [6, 6.07) is 18.6. The summed E-state index contributed by atoms with van der Waals surface area (Å²) in [4.78, 5) is 12.8. The third-order valence-electron chi connectivity index (χ3n) is 4.03. The van der Waals surface area contributed by atoms with E-state index in [0.717, 1.165) is 16.0 Å². The summed E-state index contributed by atoms with van der Waals surface area (Å²) in [5.41, 5.74) is 4.65. The molecule has 1 N–H and O–H groups in total. The lowest BCUT2D eigenvalue weighted by Gasteiger charge is -2.12. The second-order valence-corrected chi connectivity index (χ2v) is 7.05. The number of hydrazone groups is 1. The molecule has 1 aromatic heterocycles. The molecule has 0 unspecified atom stereocenters. The summed E-state index contributed by atoms with van der Waals surface area (Å²) in [6.45, 7) is 0.256. The van der Waals surface area contributed by atoms with Gasteiger partial charge < -0.3 is 9.47 Å². The zero-order valence-electron chi connectivity index (χ0n) is 15.8. The molecule has 0 aliphatic heterocycles. The van der Waals surface area contributed by atoms with E-state index in [0.29, 0.717) is 23.5 Å². The van der Waals surface area contributed by atoms with Crippen molar-refractivity contribution in [1.29, 1.82) is 5.26 Å². The average Bonchev–Trinajstić information content (AvgIpc) is 3.25. The molecule has 146 valence electrons. The fourth-order valence-electron chi connectivity index (χ4n) is 2.58. The van der Waals surface area contributed by atoms with Crippen LogP contribution in [0, 0.1) is 11.3 Å². The van der Waals surface area contributed by atoms with Gasteiger partial charge in [-0.15, -0.1) is 11.3 Å². The highest BCUT2D eigenvalue weighted by atomic mass is 32.1.